The van der Waals surface area contributed by atoms with E-state index in [1.807, 2.05) is 45.9 Å². The Bertz CT molecular complexity index is 1100. The first-order valence-electron chi connectivity index (χ1n) is 10.5. The van der Waals surface area contributed by atoms with Crippen molar-refractivity contribution in [3.05, 3.63) is 59.9 Å². The summed E-state index contributed by atoms with van der Waals surface area (Å²) in [6.07, 6.45) is 3.65. The number of benzene rings is 2. The summed E-state index contributed by atoms with van der Waals surface area (Å²) in [4.78, 5) is 15.1. The first kappa shape index (κ1) is 19.9. The van der Waals surface area contributed by atoms with E-state index in [9.17, 15) is 4.79 Å². The molecule has 3 heterocycles. The van der Waals surface area contributed by atoms with E-state index in [2.05, 4.69) is 23.2 Å². The molecule has 0 aliphatic carbocycles. The zero-order valence-corrected chi connectivity index (χ0v) is 18.2. The molecule has 31 heavy (non-hydrogen) atoms. The van der Waals surface area contributed by atoms with Crippen LogP contribution < -0.4 is 9.47 Å². The van der Waals surface area contributed by atoms with Gasteiger partial charge in [0.2, 0.25) is 5.91 Å². The van der Waals surface area contributed by atoms with Crippen molar-refractivity contribution in [1.29, 1.82) is 0 Å². The summed E-state index contributed by atoms with van der Waals surface area (Å²) in [6.45, 7) is 3.95. The molecule has 5 rings (SSSR count). The zero-order valence-electron chi connectivity index (χ0n) is 17.4. The summed E-state index contributed by atoms with van der Waals surface area (Å²) in [5, 5.41) is 9.01. The van der Waals surface area contributed by atoms with Gasteiger partial charge in [0.25, 0.3) is 0 Å². The molecular formula is C23H24N4O3S. The first-order valence-corrected chi connectivity index (χ1v) is 11.5. The van der Waals surface area contributed by atoms with E-state index < -0.39 is 0 Å². The summed E-state index contributed by atoms with van der Waals surface area (Å²) in [7, 11) is 0. The molecule has 0 N–H and O–H groups in total. The van der Waals surface area contributed by atoms with Crippen LogP contribution >= 0.6 is 11.8 Å². The third-order valence-corrected chi connectivity index (χ3v) is 6.67. The number of hydrogen-bond acceptors (Lipinski definition) is 6. The minimum atomic E-state index is 0.0677. The number of aryl methyl sites for hydroxylation is 1. The van der Waals surface area contributed by atoms with Gasteiger partial charge in [-0.15, -0.1) is 10.2 Å². The van der Waals surface area contributed by atoms with Gasteiger partial charge in [-0.2, -0.15) is 0 Å². The monoisotopic (exact) mass is 436 g/mol. The molecule has 2 aromatic carbocycles. The van der Waals surface area contributed by atoms with Crippen molar-refractivity contribution in [3.63, 3.8) is 0 Å². The number of amides is 1. The maximum atomic E-state index is 13.1. The maximum Gasteiger partial charge on any atom is 0.233 e. The van der Waals surface area contributed by atoms with E-state index in [-0.39, 0.29) is 11.9 Å². The highest BCUT2D eigenvalue weighted by Gasteiger charge is 2.31. The Morgan fingerprint density at radius 1 is 1.16 bits per heavy atom. The third kappa shape index (κ3) is 3.99. The van der Waals surface area contributed by atoms with E-state index in [1.54, 1.807) is 6.33 Å². The third-order valence-electron chi connectivity index (χ3n) is 5.74. The van der Waals surface area contributed by atoms with Gasteiger partial charge in [-0.05, 0) is 49.1 Å². The van der Waals surface area contributed by atoms with Crippen LogP contribution in [0.3, 0.4) is 0 Å². The molecule has 0 spiro atoms. The van der Waals surface area contributed by atoms with Crippen molar-refractivity contribution in [2.45, 2.75) is 31.0 Å². The minimum Gasteiger partial charge on any atom is -0.486 e. The summed E-state index contributed by atoms with van der Waals surface area (Å²) < 4.78 is 13.3. The number of carbonyl (C=O) groups excluding carboxylic acids is 1. The van der Waals surface area contributed by atoms with Gasteiger partial charge < -0.3 is 14.4 Å². The molecule has 1 saturated heterocycles. The second-order valence-corrected chi connectivity index (χ2v) is 8.65. The Morgan fingerprint density at radius 2 is 2.00 bits per heavy atom. The fourth-order valence-electron chi connectivity index (χ4n) is 4.21. The summed E-state index contributed by atoms with van der Waals surface area (Å²) in [5.41, 5.74) is 3.26. The summed E-state index contributed by atoms with van der Waals surface area (Å²) in [5.74, 6) is 1.98. The number of carbonyl (C=O) groups is 1. The Balaban J connectivity index is 1.29. The zero-order chi connectivity index (χ0) is 21.2. The number of para-hydroxylation sites is 1. The average molecular weight is 437 g/mol. The fourth-order valence-corrected chi connectivity index (χ4v) is 5.02. The van der Waals surface area contributed by atoms with Crippen LogP contribution in [0.25, 0.3) is 5.69 Å². The van der Waals surface area contributed by atoms with E-state index in [1.165, 1.54) is 11.8 Å². The van der Waals surface area contributed by atoms with Crippen LogP contribution in [0.4, 0.5) is 0 Å². The molecule has 0 saturated carbocycles. The molecule has 3 aromatic rings. The Hall–Kier alpha value is -3.00. The van der Waals surface area contributed by atoms with Crippen molar-refractivity contribution >= 4 is 17.7 Å². The Kier molecular flexibility index (Phi) is 5.55. The van der Waals surface area contributed by atoms with Crippen molar-refractivity contribution in [2.75, 3.05) is 25.5 Å². The minimum absolute atomic E-state index is 0.0677. The number of likely N-dealkylation sites (tertiary alicyclic amines) is 1. The molecule has 1 amide bonds. The largest absolute Gasteiger partial charge is 0.486 e. The quantitative estimate of drug-likeness (QED) is 0.567. The Morgan fingerprint density at radius 3 is 2.87 bits per heavy atom. The summed E-state index contributed by atoms with van der Waals surface area (Å²) >= 11 is 1.43. The number of thioether (sulfide) groups is 1. The SMILES string of the molecule is Cc1ccccc1-n1cnnc1SCC(=O)N1CCC[C@H]1c1ccc2c(c1)OCCO2. The molecule has 1 aromatic heterocycles. The van der Waals surface area contributed by atoms with Crippen LogP contribution in [0.5, 0.6) is 11.5 Å². The van der Waals surface area contributed by atoms with Crippen molar-refractivity contribution in [1.82, 2.24) is 19.7 Å². The number of rotatable bonds is 5. The standard InChI is InChI=1S/C23H24N4O3S/c1-16-5-2-3-6-18(16)27-15-24-25-23(27)31-14-22(28)26-10-4-7-19(26)17-8-9-20-21(13-17)30-12-11-29-20/h2-3,5-6,8-9,13,15,19H,4,7,10-12,14H2,1H3/t19-/m0/s1. The highest BCUT2D eigenvalue weighted by molar-refractivity contribution is 7.99. The lowest BCUT2D eigenvalue weighted by Gasteiger charge is -2.26. The second kappa shape index (κ2) is 8.63. The molecule has 0 unspecified atom stereocenters. The molecule has 2 aliphatic rings. The van der Waals surface area contributed by atoms with Gasteiger partial charge in [0.15, 0.2) is 16.7 Å². The smallest absolute Gasteiger partial charge is 0.233 e. The molecule has 0 bridgehead atoms. The molecule has 160 valence electrons. The van der Waals surface area contributed by atoms with Gasteiger partial charge in [0.1, 0.15) is 19.5 Å². The van der Waals surface area contributed by atoms with Gasteiger partial charge in [-0.25, -0.2) is 0 Å². The van der Waals surface area contributed by atoms with Crippen molar-refractivity contribution in [2.24, 2.45) is 0 Å². The van der Waals surface area contributed by atoms with Gasteiger partial charge in [-0.1, -0.05) is 36.0 Å². The first-order chi connectivity index (χ1) is 15.2. The lowest BCUT2D eigenvalue weighted by atomic mass is 10.0. The van der Waals surface area contributed by atoms with Gasteiger partial charge in [0, 0.05) is 6.54 Å². The van der Waals surface area contributed by atoms with Gasteiger partial charge in [0.05, 0.1) is 17.5 Å². The number of ether oxygens (including phenoxy) is 2. The molecular weight excluding hydrogens is 412 g/mol. The highest BCUT2D eigenvalue weighted by Crippen LogP contribution is 2.38. The number of hydrogen-bond donors (Lipinski definition) is 0. The molecule has 1 atom stereocenters. The van der Waals surface area contributed by atoms with Crippen LogP contribution in [-0.4, -0.2) is 51.1 Å². The predicted octanol–water partition coefficient (Wildman–Crippen LogP) is 3.80. The lowest BCUT2D eigenvalue weighted by Crippen LogP contribution is -2.32. The van der Waals surface area contributed by atoms with Crippen LogP contribution in [0.1, 0.15) is 30.0 Å². The van der Waals surface area contributed by atoms with Crippen LogP contribution in [-0.2, 0) is 4.79 Å². The van der Waals surface area contributed by atoms with Crippen LogP contribution in [0, 0.1) is 6.92 Å². The fraction of sp³-hybridized carbons (Fsp3) is 0.348. The van der Waals surface area contributed by atoms with Crippen LogP contribution in [0.15, 0.2) is 53.9 Å². The average Bonchev–Trinajstić information content (AvgIpc) is 3.47. The van der Waals surface area contributed by atoms with Crippen LogP contribution in [0.2, 0.25) is 0 Å². The van der Waals surface area contributed by atoms with Crippen molar-refractivity contribution in [3.8, 4) is 17.2 Å². The number of aromatic nitrogens is 3. The molecule has 2 aliphatic heterocycles. The Labute approximate surface area is 185 Å². The highest BCUT2D eigenvalue weighted by atomic mass is 32.2. The predicted molar refractivity (Wildman–Crippen MR) is 118 cm³/mol. The van der Waals surface area contributed by atoms with E-state index >= 15 is 0 Å². The molecule has 1 fully saturated rings. The summed E-state index contributed by atoms with van der Waals surface area (Å²) in [6, 6.07) is 14.2. The normalized spacial score (nSPS) is 17.7. The van der Waals surface area contributed by atoms with E-state index in [0.717, 1.165) is 52.9 Å². The van der Waals surface area contributed by atoms with Gasteiger partial charge in [-0.3, -0.25) is 9.36 Å². The van der Waals surface area contributed by atoms with Crippen molar-refractivity contribution < 1.29 is 14.3 Å². The molecule has 7 nitrogen and oxygen atoms in total. The topological polar surface area (TPSA) is 69.5 Å². The molecule has 8 heteroatoms. The molecule has 0 radical (unpaired) electrons. The van der Waals surface area contributed by atoms with Gasteiger partial charge >= 0.3 is 0 Å². The number of nitrogens with zero attached hydrogens (tertiary/aromatic N) is 4. The lowest BCUT2D eigenvalue weighted by molar-refractivity contribution is -0.129. The number of fused-ring (bicyclic) bond motifs is 1. The van der Waals surface area contributed by atoms with E-state index in [0.29, 0.717) is 19.0 Å². The second-order valence-electron chi connectivity index (χ2n) is 7.71. The van der Waals surface area contributed by atoms with E-state index in [4.69, 9.17) is 9.47 Å². The maximum absolute atomic E-state index is 13.1.